The Hall–Kier alpha value is -3.66. The van der Waals surface area contributed by atoms with Crippen LogP contribution in [-0.2, 0) is 0 Å². The average molecular weight is 362 g/mol. The third kappa shape index (κ3) is 2.89. The zero-order valence-corrected chi connectivity index (χ0v) is 15.7. The van der Waals surface area contributed by atoms with Crippen LogP contribution in [0.4, 0.5) is 0 Å². The summed E-state index contributed by atoms with van der Waals surface area (Å²) in [5.74, 6) is 0. The maximum absolute atomic E-state index is 4.83. The molecule has 0 bridgehead atoms. The molecular formula is C24H18N4. The van der Waals surface area contributed by atoms with Crippen LogP contribution >= 0.6 is 0 Å². The van der Waals surface area contributed by atoms with Gasteiger partial charge >= 0.3 is 0 Å². The molecule has 0 aliphatic carbocycles. The minimum atomic E-state index is 0.879. The Bertz CT molecular complexity index is 1240. The fourth-order valence-electron chi connectivity index (χ4n) is 3.47. The molecule has 0 aliphatic rings. The maximum atomic E-state index is 4.83. The van der Waals surface area contributed by atoms with Gasteiger partial charge in [-0.25, -0.2) is 9.97 Å². The Kier molecular flexibility index (Phi) is 3.83. The number of pyridine rings is 4. The molecule has 0 N–H and O–H groups in total. The summed E-state index contributed by atoms with van der Waals surface area (Å²) in [5, 5.41) is 2.18. The molecular weight excluding hydrogens is 344 g/mol. The molecule has 0 radical (unpaired) electrons. The minimum Gasteiger partial charge on any atom is -0.251 e. The first-order valence-electron chi connectivity index (χ1n) is 9.26. The molecule has 0 amide bonds. The van der Waals surface area contributed by atoms with Crippen molar-refractivity contribution in [2.75, 3.05) is 0 Å². The second-order valence-electron chi connectivity index (χ2n) is 6.92. The van der Waals surface area contributed by atoms with Crippen LogP contribution in [-0.4, -0.2) is 19.9 Å². The molecule has 134 valence electrons. The fraction of sp³-hybridized carbons (Fsp3) is 0.0833. The Morgan fingerprint density at radius 2 is 0.857 bits per heavy atom. The highest BCUT2D eigenvalue weighted by Gasteiger charge is 2.09. The summed E-state index contributed by atoms with van der Waals surface area (Å²) >= 11 is 0. The third-order valence-electron chi connectivity index (χ3n) is 4.84. The molecule has 0 spiro atoms. The normalized spacial score (nSPS) is 11.2. The number of nitrogens with zero attached hydrogens (tertiary/aromatic N) is 4. The first-order valence-corrected chi connectivity index (χ1v) is 9.26. The van der Waals surface area contributed by atoms with Crippen LogP contribution < -0.4 is 0 Å². The molecule has 4 heterocycles. The number of rotatable bonds is 2. The molecule has 5 aromatic rings. The summed E-state index contributed by atoms with van der Waals surface area (Å²) in [6.45, 7) is 3.98. The van der Waals surface area contributed by atoms with Crippen molar-refractivity contribution in [2.45, 2.75) is 13.8 Å². The van der Waals surface area contributed by atoms with Crippen LogP contribution in [0.5, 0.6) is 0 Å². The van der Waals surface area contributed by atoms with E-state index in [2.05, 4.69) is 22.1 Å². The van der Waals surface area contributed by atoms with Gasteiger partial charge in [-0.2, -0.15) is 0 Å². The lowest BCUT2D eigenvalue weighted by molar-refractivity contribution is 1.18. The standard InChI is InChI=1S/C24H18N4/c1-15-5-3-7-21(25-15)23-11-9-17-18-10-12-24(22-8-4-6-16(2)26-22)28-20(18)14-13-19(17)27-23/h3-14H,1-2H3. The van der Waals surface area contributed by atoms with Crippen molar-refractivity contribution in [3.8, 4) is 22.8 Å². The molecule has 0 unspecified atom stereocenters. The second kappa shape index (κ2) is 6.50. The van der Waals surface area contributed by atoms with E-state index in [-0.39, 0.29) is 0 Å². The van der Waals surface area contributed by atoms with E-state index >= 15 is 0 Å². The van der Waals surface area contributed by atoms with Gasteiger partial charge in [0.1, 0.15) is 0 Å². The van der Waals surface area contributed by atoms with Crippen molar-refractivity contribution in [1.29, 1.82) is 0 Å². The summed E-state index contributed by atoms with van der Waals surface area (Å²) in [6, 6.07) is 24.3. The van der Waals surface area contributed by atoms with Gasteiger partial charge < -0.3 is 0 Å². The van der Waals surface area contributed by atoms with E-state index in [1.807, 2.05) is 74.5 Å². The highest BCUT2D eigenvalue weighted by molar-refractivity contribution is 6.05. The highest BCUT2D eigenvalue weighted by atomic mass is 14.8. The van der Waals surface area contributed by atoms with Crippen molar-refractivity contribution < 1.29 is 0 Å². The van der Waals surface area contributed by atoms with Gasteiger partial charge in [0, 0.05) is 22.2 Å². The Balaban J connectivity index is 1.64. The molecule has 0 aliphatic heterocycles. The molecule has 0 atom stereocenters. The van der Waals surface area contributed by atoms with Crippen LogP contribution in [0, 0.1) is 13.8 Å². The lowest BCUT2D eigenvalue weighted by atomic mass is 10.1. The zero-order chi connectivity index (χ0) is 19.1. The molecule has 0 saturated carbocycles. The number of hydrogen-bond donors (Lipinski definition) is 0. The smallest absolute Gasteiger partial charge is 0.0894 e. The Labute approximate surface area is 163 Å². The quantitative estimate of drug-likeness (QED) is 0.388. The van der Waals surface area contributed by atoms with Crippen molar-refractivity contribution in [3.05, 3.63) is 84.2 Å². The first-order chi connectivity index (χ1) is 13.7. The van der Waals surface area contributed by atoms with Crippen LogP contribution in [0.1, 0.15) is 11.4 Å². The van der Waals surface area contributed by atoms with E-state index in [9.17, 15) is 0 Å². The topological polar surface area (TPSA) is 51.6 Å². The summed E-state index contributed by atoms with van der Waals surface area (Å²) in [7, 11) is 0. The zero-order valence-electron chi connectivity index (χ0n) is 15.7. The van der Waals surface area contributed by atoms with E-state index < -0.39 is 0 Å². The van der Waals surface area contributed by atoms with Gasteiger partial charge in [0.25, 0.3) is 0 Å². The molecule has 28 heavy (non-hydrogen) atoms. The van der Waals surface area contributed by atoms with Gasteiger partial charge in [0.15, 0.2) is 0 Å². The Morgan fingerprint density at radius 1 is 0.429 bits per heavy atom. The Morgan fingerprint density at radius 3 is 1.29 bits per heavy atom. The monoisotopic (exact) mass is 362 g/mol. The molecule has 0 fully saturated rings. The predicted octanol–water partition coefficient (Wildman–Crippen LogP) is 5.52. The van der Waals surface area contributed by atoms with Gasteiger partial charge in [0.2, 0.25) is 0 Å². The molecule has 5 rings (SSSR count). The predicted molar refractivity (Wildman–Crippen MR) is 113 cm³/mol. The summed E-state index contributed by atoms with van der Waals surface area (Å²) in [6.07, 6.45) is 0. The van der Waals surface area contributed by atoms with Crippen molar-refractivity contribution in [1.82, 2.24) is 19.9 Å². The second-order valence-corrected chi connectivity index (χ2v) is 6.92. The number of aryl methyl sites for hydroxylation is 2. The minimum absolute atomic E-state index is 0.879. The van der Waals surface area contributed by atoms with Crippen molar-refractivity contribution in [2.24, 2.45) is 0 Å². The molecule has 1 aromatic carbocycles. The number of aromatic nitrogens is 4. The van der Waals surface area contributed by atoms with Gasteiger partial charge in [-0.05, 0) is 74.5 Å². The van der Waals surface area contributed by atoms with Gasteiger partial charge in [-0.3, -0.25) is 9.97 Å². The number of benzene rings is 1. The van der Waals surface area contributed by atoms with E-state index in [0.717, 1.165) is 56.0 Å². The molecule has 4 nitrogen and oxygen atoms in total. The maximum Gasteiger partial charge on any atom is 0.0894 e. The van der Waals surface area contributed by atoms with E-state index in [1.165, 1.54) is 0 Å². The van der Waals surface area contributed by atoms with Crippen LogP contribution in [0.3, 0.4) is 0 Å². The highest BCUT2D eigenvalue weighted by Crippen LogP contribution is 2.28. The SMILES string of the molecule is Cc1cccc(-c2ccc3c(ccc4nc(-c5cccc(C)n5)ccc43)n2)n1. The average Bonchev–Trinajstić information content (AvgIpc) is 2.73. The molecule has 4 heteroatoms. The summed E-state index contributed by atoms with van der Waals surface area (Å²) in [4.78, 5) is 18.8. The van der Waals surface area contributed by atoms with E-state index in [1.54, 1.807) is 0 Å². The van der Waals surface area contributed by atoms with Crippen LogP contribution in [0.2, 0.25) is 0 Å². The van der Waals surface area contributed by atoms with Crippen molar-refractivity contribution >= 4 is 21.8 Å². The van der Waals surface area contributed by atoms with E-state index in [4.69, 9.17) is 9.97 Å². The first kappa shape index (κ1) is 16.5. The fourth-order valence-corrected chi connectivity index (χ4v) is 3.47. The largest absolute Gasteiger partial charge is 0.251 e. The van der Waals surface area contributed by atoms with Gasteiger partial charge in [-0.1, -0.05) is 12.1 Å². The van der Waals surface area contributed by atoms with Gasteiger partial charge in [0.05, 0.1) is 33.8 Å². The van der Waals surface area contributed by atoms with E-state index in [0.29, 0.717) is 0 Å². The van der Waals surface area contributed by atoms with Crippen LogP contribution in [0.15, 0.2) is 72.8 Å². The van der Waals surface area contributed by atoms with Gasteiger partial charge in [-0.15, -0.1) is 0 Å². The lowest BCUT2D eigenvalue weighted by Crippen LogP contribution is -1.92. The lowest BCUT2D eigenvalue weighted by Gasteiger charge is -2.08. The summed E-state index contributed by atoms with van der Waals surface area (Å²) < 4.78 is 0. The van der Waals surface area contributed by atoms with Crippen LogP contribution in [0.25, 0.3) is 44.6 Å². The molecule has 4 aromatic heterocycles. The third-order valence-corrected chi connectivity index (χ3v) is 4.84. The number of hydrogen-bond acceptors (Lipinski definition) is 4. The molecule has 0 saturated heterocycles. The number of fused-ring (bicyclic) bond motifs is 3. The summed E-state index contributed by atoms with van der Waals surface area (Å²) in [5.41, 5.74) is 7.39. The van der Waals surface area contributed by atoms with Crippen molar-refractivity contribution in [3.63, 3.8) is 0 Å².